The van der Waals surface area contributed by atoms with Crippen molar-refractivity contribution in [1.82, 2.24) is 10.3 Å². The Kier molecular flexibility index (Phi) is 4.93. The smallest absolute Gasteiger partial charge is 0.234 e. The number of hydrogen-bond acceptors (Lipinski definition) is 2. The van der Waals surface area contributed by atoms with Crippen LogP contribution in [0.5, 0.6) is 0 Å². The van der Waals surface area contributed by atoms with E-state index in [2.05, 4.69) is 26.2 Å². The summed E-state index contributed by atoms with van der Waals surface area (Å²) in [4.78, 5) is 15.8. The Balaban J connectivity index is 2.58. The molecule has 3 nitrogen and oxygen atoms in total. The molecule has 0 aliphatic rings. The van der Waals surface area contributed by atoms with E-state index in [1.165, 1.54) is 0 Å². The number of amides is 1. The zero-order valence-corrected chi connectivity index (χ0v) is 11.4. The lowest BCUT2D eigenvalue weighted by Crippen LogP contribution is -2.35. The molecule has 1 N–H and O–H groups in total. The van der Waals surface area contributed by atoms with E-state index in [0.29, 0.717) is 0 Å². The number of nitrogens with zero attached hydrogens (tertiary/aromatic N) is 1. The molecule has 0 radical (unpaired) electrons. The summed E-state index contributed by atoms with van der Waals surface area (Å²) in [6, 6.07) is 5.62. The van der Waals surface area contributed by atoms with Crippen molar-refractivity contribution in [3.63, 3.8) is 0 Å². The van der Waals surface area contributed by atoms with E-state index in [9.17, 15) is 4.79 Å². The van der Waals surface area contributed by atoms with Gasteiger partial charge in [0.25, 0.3) is 0 Å². The molecule has 0 saturated carbocycles. The summed E-state index contributed by atoms with van der Waals surface area (Å²) in [5, 5.41) is 2.93. The number of rotatable bonds is 4. The molecule has 2 atom stereocenters. The van der Waals surface area contributed by atoms with Crippen molar-refractivity contribution in [2.75, 3.05) is 0 Å². The molecule has 0 aromatic carbocycles. The average molecular weight is 285 g/mol. The monoisotopic (exact) mass is 284 g/mol. The van der Waals surface area contributed by atoms with E-state index in [-0.39, 0.29) is 22.7 Å². The summed E-state index contributed by atoms with van der Waals surface area (Å²) in [7, 11) is 0. The summed E-state index contributed by atoms with van der Waals surface area (Å²) in [6.07, 6.45) is 1.73. The first-order valence-electron chi connectivity index (χ1n) is 5.37. The van der Waals surface area contributed by atoms with E-state index in [4.69, 9.17) is 0 Å². The highest BCUT2D eigenvalue weighted by atomic mass is 79.9. The second-order valence-electron chi connectivity index (χ2n) is 4.13. The molecule has 0 spiro atoms. The number of nitrogens with one attached hydrogen (secondary N) is 1. The standard InChI is InChI=1S/C12H17BrN2O/c1-8(2)11(13)12(16)15-9(3)10-6-4-5-7-14-10/h4-9,11H,1-3H3,(H,15,16). The fourth-order valence-electron chi connectivity index (χ4n) is 1.30. The Morgan fingerprint density at radius 1 is 1.38 bits per heavy atom. The van der Waals surface area contributed by atoms with Gasteiger partial charge in [-0.1, -0.05) is 35.8 Å². The van der Waals surface area contributed by atoms with Crippen LogP contribution in [-0.2, 0) is 4.79 Å². The third-order valence-electron chi connectivity index (χ3n) is 2.33. The molecule has 2 unspecified atom stereocenters. The number of pyridine rings is 1. The van der Waals surface area contributed by atoms with E-state index in [1.54, 1.807) is 6.20 Å². The van der Waals surface area contributed by atoms with Crippen molar-refractivity contribution in [3.8, 4) is 0 Å². The van der Waals surface area contributed by atoms with Gasteiger partial charge in [-0.05, 0) is 25.0 Å². The second kappa shape index (κ2) is 5.99. The van der Waals surface area contributed by atoms with Crippen LogP contribution >= 0.6 is 15.9 Å². The van der Waals surface area contributed by atoms with Crippen LogP contribution in [-0.4, -0.2) is 15.7 Å². The highest BCUT2D eigenvalue weighted by Crippen LogP contribution is 2.14. The molecular weight excluding hydrogens is 268 g/mol. The molecule has 16 heavy (non-hydrogen) atoms. The number of halogens is 1. The summed E-state index contributed by atoms with van der Waals surface area (Å²) < 4.78 is 0. The number of hydrogen-bond donors (Lipinski definition) is 1. The predicted molar refractivity (Wildman–Crippen MR) is 68.3 cm³/mol. The lowest BCUT2D eigenvalue weighted by molar-refractivity contribution is -0.121. The van der Waals surface area contributed by atoms with Gasteiger partial charge in [-0.25, -0.2) is 0 Å². The van der Waals surface area contributed by atoms with Gasteiger partial charge in [-0.2, -0.15) is 0 Å². The fraction of sp³-hybridized carbons (Fsp3) is 0.500. The van der Waals surface area contributed by atoms with Gasteiger partial charge in [0.05, 0.1) is 16.6 Å². The lowest BCUT2D eigenvalue weighted by Gasteiger charge is -2.18. The maximum absolute atomic E-state index is 11.8. The van der Waals surface area contributed by atoms with Crippen LogP contribution in [0.2, 0.25) is 0 Å². The molecule has 88 valence electrons. The van der Waals surface area contributed by atoms with E-state index in [1.807, 2.05) is 39.0 Å². The average Bonchev–Trinajstić information content (AvgIpc) is 2.28. The van der Waals surface area contributed by atoms with Gasteiger partial charge in [0, 0.05) is 6.20 Å². The predicted octanol–water partition coefficient (Wildman–Crippen LogP) is 2.68. The van der Waals surface area contributed by atoms with Crippen molar-refractivity contribution in [1.29, 1.82) is 0 Å². The molecule has 0 aliphatic carbocycles. The minimum atomic E-state index is -0.154. The van der Waals surface area contributed by atoms with Gasteiger partial charge in [0.2, 0.25) is 5.91 Å². The topological polar surface area (TPSA) is 42.0 Å². The summed E-state index contributed by atoms with van der Waals surface area (Å²) in [5.74, 6) is 0.282. The Labute approximate surface area is 105 Å². The van der Waals surface area contributed by atoms with Crippen LogP contribution < -0.4 is 5.32 Å². The molecule has 0 aliphatic heterocycles. The highest BCUT2D eigenvalue weighted by Gasteiger charge is 2.20. The number of alkyl halides is 1. The maximum atomic E-state index is 11.8. The summed E-state index contributed by atoms with van der Waals surface area (Å²) >= 11 is 3.38. The number of carbonyl (C=O) groups excluding carboxylic acids is 1. The third-order valence-corrected chi connectivity index (χ3v) is 3.80. The van der Waals surface area contributed by atoms with Crippen molar-refractivity contribution in [2.24, 2.45) is 5.92 Å². The molecule has 0 bridgehead atoms. The quantitative estimate of drug-likeness (QED) is 0.864. The third kappa shape index (κ3) is 3.59. The molecule has 1 aromatic rings. The van der Waals surface area contributed by atoms with Gasteiger partial charge in [0.15, 0.2) is 0 Å². The van der Waals surface area contributed by atoms with Gasteiger partial charge in [-0.3, -0.25) is 9.78 Å². The van der Waals surface area contributed by atoms with Crippen molar-refractivity contribution in [3.05, 3.63) is 30.1 Å². The van der Waals surface area contributed by atoms with Crippen LogP contribution in [0.4, 0.5) is 0 Å². The van der Waals surface area contributed by atoms with Crippen LogP contribution in [0.3, 0.4) is 0 Å². The SMILES string of the molecule is CC(NC(=O)C(Br)C(C)C)c1ccccn1. The molecule has 1 rings (SSSR count). The highest BCUT2D eigenvalue weighted by molar-refractivity contribution is 9.10. The van der Waals surface area contributed by atoms with E-state index < -0.39 is 0 Å². The van der Waals surface area contributed by atoms with Crippen LogP contribution in [0.1, 0.15) is 32.5 Å². The summed E-state index contributed by atoms with van der Waals surface area (Å²) in [6.45, 7) is 5.94. The zero-order chi connectivity index (χ0) is 12.1. The Hall–Kier alpha value is -0.900. The molecule has 1 heterocycles. The molecule has 1 amide bonds. The number of carbonyl (C=O) groups is 1. The minimum absolute atomic E-state index is 0.00755. The normalized spacial score (nSPS) is 14.6. The maximum Gasteiger partial charge on any atom is 0.234 e. The fourth-order valence-corrected chi connectivity index (χ4v) is 1.43. The van der Waals surface area contributed by atoms with Gasteiger partial charge in [0.1, 0.15) is 0 Å². The molecule has 4 heteroatoms. The Bertz CT molecular complexity index is 340. The first-order chi connectivity index (χ1) is 7.52. The summed E-state index contributed by atoms with van der Waals surface area (Å²) in [5.41, 5.74) is 0.874. The van der Waals surface area contributed by atoms with Crippen LogP contribution in [0, 0.1) is 5.92 Å². The van der Waals surface area contributed by atoms with Crippen LogP contribution in [0.15, 0.2) is 24.4 Å². The van der Waals surface area contributed by atoms with Crippen LogP contribution in [0.25, 0.3) is 0 Å². The van der Waals surface area contributed by atoms with E-state index in [0.717, 1.165) is 5.69 Å². The zero-order valence-electron chi connectivity index (χ0n) is 9.77. The second-order valence-corrected chi connectivity index (χ2v) is 5.12. The first-order valence-corrected chi connectivity index (χ1v) is 6.29. The molecular formula is C12H17BrN2O. The van der Waals surface area contributed by atoms with Crippen molar-refractivity contribution in [2.45, 2.75) is 31.6 Å². The lowest BCUT2D eigenvalue weighted by atomic mass is 10.1. The van der Waals surface area contributed by atoms with E-state index >= 15 is 0 Å². The largest absolute Gasteiger partial charge is 0.347 e. The first kappa shape index (κ1) is 13.2. The van der Waals surface area contributed by atoms with Crippen molar-refractivity contribution < 1.29 is 4.79 Å². The number of aromatic nitrogens is 1. The Morgan fingerprint density at radius 2 is 2.06 bits per heavy atom. The van der Waals surface area contributed by atoms with Crippen molar-refractivity contribution >= 4 is 21.8 Å². The molecule has 0 fully saturated rings. The minimum Gasteiger partial charge on any atom is -0.347 e. The van der Waals surface area contributed by atoms with Gasteiger partial charge in [-0.15, -0.1) is 0 Å². The van der Waals surface area contributed by atoms with Gasteiger partial charge < -0.3 is 5.32 Å². The van der Waals surface area contributed by atoms with Gasteiger partial charge >= 0.3 is 0 Å². The molecule has 1 aromatic heterocycles. The molecule has 0 saturated heterocycles. The Morgan fingerprint density at radius 3 is 2.56 bits per heavy atom.